The van der Waals surface area contributed by atoms with E-state index in [0.717, 1.165) is 0 Å². The van der Waals surface area contributed by atoms with Crippen molar-refractivity contribution >= 4 is 17.9 Å². The van der Waals surface area contributed by atoms with E-state index in [1.54, 1.807) is 0 Å². The van der Waals surface area contributed by atoms with Crippen LogP contribution in [0.5, 0.6) is 0 Å². The molecule has 0 aliphatic rings. The molecule has 9 nitrogen and oxygen atoms in total. The number of nitrogens with zero attached hydrogens (tertiary/aromatic N) is 3. The average molecular weight is 241 g/mol. The van der Waals surface area contributed by atoms with Gasteiger partial charge in [-0.1, -0.05) is 5.21 Å². The van der Waals surface area contributed by atoms with Crippen LogP contribution < -0.4 is 10.6 Å². The van der Waals surface area contributed by atoms with Gasteiger partial charge in [-0.15, -0.1) is 5.10 Å². The number of amides is 3. The molecule has 0 aliphatic heterocycles. The van der Waals surface area contributed by atoms with Gasteiger partial charge in [-0.05, 0) is 0 Å². The highest BCUT2D eigenvalue weighted by atomic mass is 16.4. The Bertz CT molecular complexity index is 441. The Kier molecular flexibility index (Phi) is 4.14. The topological polar surface area (TPSA) is 126 Å². The summed E-state index contributed by atoms with van der Waals surface area (Å²) in [6, 6.07) is -0.597. The number of carbonyl (C=O) groups excluding carboxylic acids is 2. The zero-order chi connectivity index (χ0) is 12.8. The number of imide groups is 1. The molecule has 1 aromatic heterocycles. The van der Waals surface area contributed by atoms with Crippen LogP contribution in [-0.4, -0.2) is 45.1 Å². The molecule has 0 bridgehead atoms. The molecule has 0 atom stereocenters. The number of hydrogen-bond donors (Lipinski definition) is 3. The van der Waals surface area contributed by atoms with Crippen molar-refractivity contribution in [2.75, 3.05) is 7.05 Å². The molecule has 3 amide bonds. The van der Waals surface area contributed by atoms with Crippen molar-refractivity contribution in [1.29, 1.82) is 0 Å². The highest BCUT2D eigenvalue weighted by molar-refractivity contribution is 5.94. The van der Waals surface area contributed by atoms with E-state index in [-0.39, 0.29) is 18.7 Å². The van der Waals surface area contributed by atoms with Crippen LogP contribution in [0.3, 0.4) is 0 Å². The summed E-state index contributed by atoms with van der Waals surface area (Å²) in [4.78, 5) is 32.4. The van der Waals surface area contributed by atoms with Gasteiger partial charge >= 0.3 is 12.0 Å². The first kappa shape index (κ1) is 12.6. The van der Waals surface area contributed by atoms with Crippen LogP contribution in [0.25, 0.3) is 0 Å². The summed E-state index contributed by atoms with van der Waals surface area (Å²) in [6.45, 7) is 0.142. The fraction of sp³-hybridized carbons (Fsp3) is 0.375. The third kappa shape index (κ3) is 3.89. The van der Waals surface area contributed by atoms with Crippen molar-refractivity contribution in [2.24, 2.45) is 0 Å². The molecule has 0 spiro atoms. The molecule has 17 heavy (non-hydrogen) atoms. The predicted molar refractivity (Wildman–Crippen MR) is 54.2 cm³/mol. The second kappa shape index (κ2) is 5.58. The van der Waals surface area contributed by atoms with Crippen LogP contribution in [0.4, 0.5) is 4.79 Å². The molecule has 0 radical (unpaired) electrons. The molecule has 0 saturated heterocycles. The Labute approximate surface area is 95.8 Å². The number of carbonyl (C=O) groups is 3. The molecule has 92 valence electrons. The van der Waals surface area contributed by atoms with Crippen LogP contribution >= 0.6 is 0 Å². The largest absolute Gasteiger partial charge is 0.476 e. The Morgan fingerprint density at radius 1 is 1.47 bits per heavy atom. The summed E-state index contributed by atoms with van der Waals surface area (Å²) in [5.41, 5.74) is -0.197. The molecule has 0 aliphatic carbocycles. The first-order chi connectivity index (χ1) is 8.02. The molecular weight excluding hydrogens is 230 g/mol. The van der Waals surface area contributed by atoms with Gasteiger partial charge in [-0.2, -0.15) is 0 Å². The van der Waals surface area contributed by atoms with Gasteiger partial charge < -0.3 is 10.4 Å². The summed E-state index contributed by atoms with van der Waals surface area (Å²) in [7, 11) is 1.39. The van der Waals surface area contributed by atoms with Crippen molar-refractivity contribution in [2.45, 2.75) is 13.0 Å². The lowest BCUT2D eigenvalue weighted by Crippen LogP contribution is -2.37. The average Bonchev–Trinajstić information content (AvgIpc) is 2.75. The maximum Gasteiger partial charge on any atom is 0.358 e. The van der Waals surface area contributed by atoms with Gasteiger partial charge in [-0.3, -0.25) is 14.8 Å². The minimum Gasteiger partial charge on any atom is -0.476 e. The summed E-state index contributed by atoms with van der Waals surface area (Å²) >= 11 is 0. The Morgan fingerprint density at radius 2 is 2.18 bits per heavy atom. The number of carboxylic acids is 1. The second-order valence-electron chi connectivity index (χ2n) is 3.05. The van der Waals surface area contributed by atoms with Gasteiger partial charge in [0.05, 0.1) is 12.7 Å². The number of aryl methyl sites for hydroxylation is 1. The van der Waals surface area contributed by atoms with Gasteiger partial charge in [0.15, 0.2) is 5.69 Å². The number of urea groups is 1. The Balaban J connectivity index is 2.42. The normalized spacial score (nSPS) is 9.71. The standard InChI is InChI=1S/C8H11N5O4/c1-9-8(17)10-6(14)2-3-13-4-5(7(15)16)11-12-13/h4H,2-3H2,1H3,(H,15,16)(H2,9,10,14,17). The third-order valence-corrected chi connectivity index (χ3v) is 1.81. The maximum atomic E-state index is 11.2. The quantitative estimate of drug-likeness (QED) is 0.609. The molecule has 3 N–H and O–H groups in total. The summed E-state index contributed by atoms with van der Waals surface area (Å²) in [5, 5.41) is 19.8. The van der Waals surface area contributed by atoms with E-state index in [4.69, 9.17) is 5.11 Å². The van der Waals surface area contributed by atoms with E-state index >= 15 is 0 Å². The van der Waals surface area contributed by atoms with E-state index in [9.17, 15) is 14.4 Å². The van der Waals surface area contributed by atoms with E-state index in [1.165, 1.54) is 17.9 Å². The van der Waals surface area contributed by atoms with Crippen LogP contribution in [0.1, 0.15) is 16.9 Å². The van der Waals surface area contributed by atoms with Gasteiger partial charge in [0.25, 0.3) is 0 Å². The van der Waals surface area contributed by atoms with Crippen molar-refractivity contribution in [3.63, 3.8) is 0 Å². The number of aromatic carboxylic acids is 1. The van der Waals surface area contributed by atoms with Gasteiger partial charge in [0.2, 0.25) is 5.91 Å². The number of rotatable bonds is 4. The first-order valence-electron chi connectivity index (χ1n) is 4.68. The lowest BCUT2D eigenvalue weighted by Gasteiger charge is -2.02. The SMILES string of the molecule is CNC(=O)NC(=O)CCn1cc(C(=O)O)nn1. The Hall–Kier alpha value is -2.45. The second-order valence-corrected chi connectivity index (χ2v) is 3.05. The van der Waals surface area contributed by atoms with Crippen molar-refractivity contribution in [3.8, 4) is 0 Å². The fourth-order valence-electron chi connectivity index (χ4n) is 0.973. The summed E-state index contributed by atoms with van der Waals surface area (Å²) in [5.74, 6) is -1.68. The molecule has 1 aromatic rings. The molecule has 0 aromatic carbocycles. The highest BCUT2D eigenvalue weighted by Crippen LogP contribution is 1.94. The predicted octanol–water partition coefficient (Wildman–Crippen LogP) is -1.18. The zero-order valence-electron chi connectivity index (χ0n) is 9.01. The Morgan fingerprint density at radius 3 is 2.71 bits per heavy atom. The monoisotopic (exact) mass is 241 g/mol. The van der Waals surface area contributed by atoms with Crippen molar-refractivity contribution in [1.82, 2.24) is 25.6 Å². The number of nitrogens with one attached hydrogen (secondary N) is 2. The minimum absolute atomic E-state index is 0.00413. The lowest BCUT2D eigenvalue weighted by atomic mass is 10.4. The molecule has 0 unspecified atom stereocenters. The summed E-state index contributed by atoms with van der Waals surface area (Å²) in [6.07, 6.45) is 1.20. The summed E-state index contributed by atoms with van der Waals surface area (Å²) < 4.78 is 1.22. The molecule has 1 rings (SSSR count). The van der Waals surface area contributed by atoms with Crippen LogP contribution in [0, 0.1) is 0 Å². The van der Waals surface area contributed by atoms with Crippen molar-refractivity contribution in [3.05, 3.63) is 11.9 Å². The smallest absolute Gasteiger partial charge is 0.358 e. The molecular formula is C8H11N5O4. The van der Waals surface area contributed by atoms with Gasteiger partial charge in [-0.25, -0.2) is 9.59 Å². The maximum absolute atomic E-state index is 11.2. The van der Waals surface area contributed by atoms with E-state index < -0.39 is 17.9 Å². The van der Waals surface area contributed by atoms with E-state index in [0.29, 0.717) is 0 Å². The van der Waals surface area contributed by atoms with E-state index in [1.807, 2.05) is 0 Å². The number of aromatic nitrogens is 3. The number of carboxylic acid groups (broad SMARTS) is 1. The van der Waals surface area contributed by atoms with Crippen LogP contribution in [-0.2, 0) is 11.3 Å². The minimum atomic E-state index is -1.19. The molecule has 9 heteroatoms. The highest BCUT2D eigenvalue weighted by Gasteiger charge is 2.10. The molecule has 1 heterocycles. The third-order valence-electron chi connectivity index (χ3n) is 1.81. The van der Waals surface area contributed by atoms with Gasteiger partial charge in [0.1, 0.15) is 0 Å². The van der Waals surface area contributed by atoms with Gasteiger partial charge in [0, 0.05) is 13.5 Å². The first-order valence-corrected chi connectivity index (χ1v) is 4.68. The zero-order valence-corrected chi connectivity index (χ0v) is 9.01. The molecule has 0 saturated carbocycles. The van der Waals surface area contributed by atoms with Crippen molar-refractivity contribution < 1.29 is 19.5 Å². The fourth-order valence-corrected chi connectivity index (χ4v) is 0.973. The van der Waals surface area contributed by atoms with Crippen LogP contribution in [0.15, 0.2) is 6.20 Å². The van der Waals surface area contributed by atoms with E-state index in [2.05, 4.69) is 20.9 Å². The van der Waals surface area contributed by atoms with Crippen LogP contribution in [0.2, 0.25) is 0 Å². The molecule has 0 fully saturated rings. The number of hydrogen-bond acceptors (Lipinski definition) is 5. The lowest BCUT2D eigenvalue weighted by molar-refractivity contribution is -0.120.